The van der Waals surface area contributed by atoms with E-state index < -0.39 is 0 Å². The molecule has 180 valence electrons. The van der Waals surface area contributed by atoms with Crippen LogP contribution in [0.2, 0.25) is 0 Å². The van der Waals surface area contributed by atoms with Crippen molar-refractivity contribution in [2.45, 2.75) is 25.4 Å². The van der Waals surface area contributed by atoms with E-state index >= 15 is 0 Å². The van der Waals surface area contributed by atoms with Gasteiger partial charge in [0.2, 0.25) is 0 Å². The lowest BCUT2D eigenvalue weighted by molar-refractivity contribution is 0.0392. The van der Waals surface area contributed by atoms with Gasteiger partial charge in [0.15, 0.2) is 0 Å². The molecule has 2 heterocycles. The van der Waals surface area contributed by atoms with E-state index in [0.717, 1.165) is 60.2 Å². The maximum atomic E-state index is 12.6. The van der Waals surface area contributed by atoms with Crippen LogP contribution in [0.4, 0.5) is 0 Å². The summed E-state index contributed by atoms with van der Waals surface area (Å²) in [4.78, 5) is 19.5. The third-order valence-electron chi connectivity index (χ3n) is 5.95. The highest BCUT2D eigenvalue weighted by Gasteiger charge is 2.18. The number of rotatable bonds is 10. The summed E-state index contributed by atoms with van der Waals surface area (Å²) in [6.07, 6.45) is 2.15. The molecule has 1 N–H and O–H groups in total. The predicted molar refractivity (Wildman–Crippen MR) is 134 cm³/mol. The van der Waals surface area contributed by atoms with Gasteiger partial charge in [-0.1, -0.05) is 12.1 Å². The number of aromatic nitrogens is 1. The Balaban J connectivity index is 1.25. The molecule has 0 saturated carbocycles. The van der Waals surface area contributed by atoms with Crippen LogP contribution in [0.5, 0.6) is 11.5 Å². The second-order valence-electron chi connectivity index (χ2n) is 8.27. The van der Waals surface area contributed by atoms with Gasteiger partial charge in [-0.05, 0) is 61.9 Å². The van der Waals surface area contributed by atoms with Gasteiger partial charge in [-0.2, -0.15) is 0 Å². The number of hydrogen-bond donors (Lipinski definition) is 1. The second kappa shape index (κ2) is 12.0. The van der Waals surface area contributed by atoms with E-state index in [9.17, 15) is 4.79 Å². The molecule has 7 nitrogen and oxygen atoms in total. The van der Waals surface area contributed by atoms with Crippen molar-refractivity contribution >= 4 is 17.2 Å². The first-order chi connectivity index (χ1) is 16.6. The van der Waals surface area contributed by atoms with Gasteiger partial charge in [0, 0.05) is 43.3 Å². The molecule has 0 unspecified atom stereocenters. The summed E-state index contributed by atoms with van der Waals surface area (Å²) < 4.78 is 16.6. The highest BCUT2D eigenvalue weighted by atomic mass is 32.1. The Bertz CT molecular complexity index is 1060. The maximum absolute atomic E-state index is 12.6. The zero-order valence-electron chi connectivity index (χ0n) is 19.7. The van der Waals surface area contributed by atoms with Crippen molar-refractivity contribution in [3.63, 3.8) is 0 Å². The van der Waals surface area contributed by atoms with Crippen LogP contribution in [0.25, 0.3) is 10.6 Å². The largest absolute Gasteiger partial charge is 0.497 e. The average Bonchev–Trinajstić information content (AvgIpc) is 3.39. The van der Waals surface area contributed by atoms with Gasteiger partial charge in [-0.15, -0.1) is 11.3 Å². The van der Waals surface area contributed by atoms with Crippen LogP contribution >= 0.6 is 11.3 Å². The first-order valence-electron chi connectivity index (χ1n) is 11.5. The van der Waals surface area contributed by atoms with Crippen molar-refractivity contribution in [2.24, 2.45) is 0 Å². The SMILES string of the molecule is COc1ccc(-c2nc(C(=O)NCc3cccc(OCCN(C)C4CCOCC4)c3)cs2)cc1. The molecule has 1 amide bonds. The third kappa shape index (κ3) is 6.56. The molecular weight excluding hydrogens is 450 g/mol. The fourth-order valence-electron chi connectivity index (χ4n) is 3.88. The first kappa shape index (κ1) is 24.2. The van der Waals surface area contributed by atoms with Crippen molar-refractivity contribution in [1.82, 2.24) is 15.2 Å². The van der Waals surface area contributed by atoms with Crippen molar-refractivity contribution in [1.29, 1.82) is 0 Å². The molecule has 2 aromatic carbocycles. The fraction of sp³-hybridized carbons (Fsp3) is 0.385. The van der Waals surface area contributed by atoms with Crippen LogP contribution in [0.3, 0.4) is 0 Å². The summed E-state index contributed by atoms with van der Waals surface area (Å²) in [6, 6.07) is 16.0. The van der Waals surface area contributed by atoms with E-state index in [1.54, 1.807) is 12.5 Å². The number of ether oxygens (including phenoxy) is 3. The number of benzene rings is 2. The van der Waals surface area contributed by atoms with E-state index in [2.05, 4.69) is 22.2 Å². The molecule has 0 spiro atoms. The molecular formula is C26H31N3O4S. The summed E-state index contributed by atoms with van der Waals surface area (Å²) >= 11 is 1.45. The van der Waals surface area contributed by atoms with Crippen LogP contribution in [-0.2, 0) is 11.3 Å². The van der Waals surface area contributed by atoms with E-state index in [-0.39, 0.29) is 5.91 Å². The summed E-state index contributed by atoms with van der Waals surface area (Å²) in [5.74, 6) is 1.40. The van der Waals surface area contributed by atoms with Crippen LogP contribution < -0.4 is 14.8 Å². The zero-order chi connectivity index (χ0) is 23.8. The molecule has 34 heavy (non-hydrogen) atoms. The maximum Gasteiger partial charge on any atom is 0.271 e. The highest BCUT2D eigenvalue weighted by Crippen LogP contribution is 2.25. The van der Waals surface area contributed by atoms with Crippen LogP contribution in [0.15, 0.2) is 53.9 Å². The summed E-state index contributed by atoms with van der Waals surface area (Å²) in [7, 11) is 3.78. The highest BCUT2D eigenvalue weighted by molar-refractivity contribution is 7.13. The van der Waals surface area contributed by atoms with E-state index in [1.165, 1.54) is 11.3 Å². The van der Waals surface area contributed by atoms with Crippen molar-refractivity contribution < 1.29 is 19.0 Å². The molecule has 0 atom stereocenters. The molecule has 3 aromatic rings. The molecule has 0 bridgehead atoms. The Labute approximate surface area is 204 Å². The van der Waals surface area contributed by atoms with Gasteiger partial charge in [-0.3, -0.25) is 9.69 Å². The van der Waals surface area contributed by atoms with E-state index in [1.807, 2.05) is 48.5 Å². The summed E-state index contributed by atoms with van der Waals surface area (Å²) in [5, 5.41) is 5.53. The molecule has 0 aliphatic carbocycles. The summed E-state index contributed by atoms with van der Waals surface area (Å²) in [5.41, 5.74) is 2.35. The van der Waals surface area contributed by atoms with Crippen LogP contribution in [-0.4, -0.2) is 62.4 Å². The number of likely N-dealkylation sites (N-methyl/N-ethyl adjacent to an activating group) is 1. The van der Waals surface area contributed by atoms with Gasteiger partial charge < -0.3 is 19.5 Å². The second-order valence-corrected chi connectivity index (χ2v) is 9.13. The van der Waals surface area contributed by atoms with Gasteiger partial charge in [0.1, 0.15) is 28.8 Å². The van der Waals surface area contributed by atoms with Gasteiger partial charge in [-0.25, -0.2) is 4.98 Å². The van der Waals surface area contributed by atoms with Gasteiger partial charge in [0.05, 0.1) is 7.11 Å². The lowest BCUT2D eigenvalue weighted by Gasteiger charge is -2.31. The normalized spacial score (nSPS) is 14.2. The Morgan fingerprint density at radius 2 is 1.97 bits per heavy atom. The number of nitrogens with zero attached hydrogens (tertiary/aromatic N) is 2. The molecule has 1 aromatic heterocycles. The Morgan fingerprint density at radius 3 is 2.74 bits per heavy atom. The number of carbonyl (C=O) groups excluding carboxylic acids is 1. The standard InChI is InChI=1S/C26H31N3O4S/c1-29(21-10-13-32-14-11-21)12-15-33-23-5-3-4-19(16-23)17-27-25(30)24-18-34-26(28-24)20-6-8-22(31-2)9-7-20/h3-9,16,18,21H,10-15,17H2,1-2H3,(H,27,30). The minimum atomic E-state index is -0.194. The number of nitrogens with one attached hydrogen (secondary N) is 1. The third-order valence-corrected chi connectivity index (χ3v) is 6.84. The minimum absolute atomic E-state index is 0.194. The molecule has 1 aliphatic rings. The molecule has 1 fully saturated rings. The number of amides is 1. The lowest BCUT2D eigenvalue weighted by atomic mass is 10.1. The van der Waals surface area contributed by atoms with Gasteiger partial charge >= 0.3 is 0 Å². The Morgan fingerprint density at radius 1 is 1.18 bits per heavy atom. The van der Waals surface area contributed by atoms with Crippen molar-refractivity contribution in [3.8, 4) is 22.1 Å². The van der Waals surface area contributed by atoms with E-state index in [4.69, 9.17) is 14.2 Å². The minimum Gasteiger partial charge on any atom is -0.497 e. The van der Waals surface area contributed by atoms with Crippen molar-refractivity contribution in [2.75, 3.05) is 40.5 Å². The molecule has 4 rings (SSSR count). The lowest BCUT2D eigenvalue weighted by Crippen LogP contribution is -2.38. The van der Waals surface area contributed by atoms with Crippen LogP contribution in [0, 0.1) is 0 Å². The fourth-order valence-corrected chi connectivity index (χ4v) is 4.68. The van der Waals surface area contributed by atoms with E-state index in [0.29, 0.717) is 24.9 Å². The van der Waals surface area contributed by atoms with Gasteiger partial charge in [0.25, 0.3) is 5.91 Å². The average molecular weight is 482 g/mol. The molecule has 1 aliphatic heterocycles. The Hall–Kier alpha value is -2.94. The molecule has 1 saturated heterocycles. The topological polar surface area (TPSA) is 72.9 Å². The summed E-state index contributed by atoms with van der Waals surface area (Å²) in [6.45, 7) is 3.58. The smallest absolute Gasteiger partial charge is 0.271 e. The number of thiazole rings is 1. The number of carbonyl (C=O) groups is 1. The molecule has 8 heteroatoms. The monoisotopic (exact) mass is 481 g/mol. The Kier molecular flexibility index (Phi) is 8.51. The quantitative estimate of drug-likeness (QED) is 0.467. The number of methoxy groups -OCH3 is 1. The van der Waals surface area contributed by atoms with Crippen LogP contribution in [0.1, 0.15) is 28.9 Å². The van der Waals surface area contributed by atoms with Crippen molar-refractivity contribution in [3.05, 3.63) is 65.2 Å². The zero-order valence-corrected chi connectivity index (χ0v) is 20.5. The predicted octanol–water partition coefficient (Wildman–Crippen LogP) is 4.24. The molecule has 0 radical (unpaired) electrons. The number of hydrogen-bond acceptors (Lipinski definition) is 7. The first-order valence-corrected chi connectivity index (χ1v) is 12.4.